The Labute approximate surface area is 120 Å². The van der Waals surface area contributed by atoms with E-state index in [0.29, 0.717) is 5.75 Å². The fourth-order valence-corrected chi connectivity index (χ4v) is 1.98. The van der Waals surface area contributed by atoms with Crippen molar-refractivity contribution in [3.05, 3.63) is 62.7 Å². The highest BCUT2D eigenvalue weighted by Gasteiger charge is 2.19. The van der Waals surface area contributed by atoms with Crippen LogP contribution in [0.5, 0.6) is 11.5 Å². The van der Waals surface area contributed by atoms with Crippen molar-refractivity contribution < 1.29 is 14.8 Å². The van der Waals surface area contributed by atoms with Crippen molar-refractivity contribution in [3.8, 4) is 11.5 Å². The van der Waals surface area contributed by atoms with Gasteiger partial charge in [-0.05, 0) is 36.2 Å². The van der Waals surface area contributed by atoms with Gasteiger partial charge in [0, 0.05) is 6.07 Å². The summed E-state index contributed by atoms with van der Waals surface area (Å²) in [6.07, 6.45) is 0. The topological polar surface area (TPSA) is 72.6 Å². The lowest BCUT2D eigenvalue weighted by Crippen LogP contribution is -1.95. The lowest BCUT2D eigenvalue weighted by Gasteiger charge is -2.10. The number of ether oxygens (including phenoxy) is 1. The molecule has 0 bridgehead atoms. The molecule has 0 aliphatic heterocycles. The van der Waals surface area contributed by atoms with Crippen LogP contribution in [-0.2, 0) is 6.61 Å². The van der Waals surface area contributed by atoms with Gasteiger partial charge in [0.25, 0.3) is 0 Å². The van der Waals surface area contributed by atoms with Crippen molar-refractivity contribution in [2.45, 2.75) is 13.5 Å². The number of aliphatic hydroxyl groups is 1. The molecule has 0 aromatic heterocycles. The second-order valence-electron chi connectivity index (χ2n) is 4.19. The van der Waals surface area contributed by atoms with Gasteiger partial charge in [0.1, 0.15) is 5.75 Å². The number of nitro benzene ring substituents is 1. The average molecular weight is 294 g/mol. The molecule has 0 heterocycles. The Morgan fingerprint density at radius 1 is 1.35 bits per heavy atom. The molecule has 2 aromatic rings. The molecule has 0 atom stereocenters. The van der Waals surface area contributed by atoms with E-state index in [9.17, 15) is 10.1 Å². The molecule has 0 amide bonds. The minimum atomic E-state index is -0.545. The second-order valence-corrected chi connectivity index (χ2v) is 4.60. The van der Waals surface area contributed by atoms with Crippen LogP contribution in [0.1, 0.15) is 11.1 Å². The Kier molecular flexibility index (Phi) is 4.22. The van der Waals surface area contributed by atoms with Crippen LogP contribution in [-0.4, -0.2) is 10.0 Å². The first-order valence-electron chi connectivity index (χ1n) is 5.84. The molecule has 0 spiro atoms. The number of nitrogens with zero attached hydrogens (tertiary/aromatic N) is 1. The Balaban J connectivity index is 2.39. The first-order valence-corrected chi connectivity index (χ1v) is 6.22. The van der Waals surface area contributed by atoms with Crippen LogP contribution in [0.3, 0.4) is 0 Å². The van der Waals surface area contributed by atoms with Crippen LogP contribution in [0.4, 0.5) is 5.69 Å². The summed E-state index contributed by atoms with van der Waals surface area (Å²) in [4.78, 5) is 10.4. The zero-order chi connectivity index (χ0) is 14.7. The monoisotopic (exact) mass is 293 g/mol. The number of nitro groups is 1. The highest BCUT2D eigenvalue weighted by atomic mass is 35.5. The smallest absolute Gasteiger partial charge is 0.313 e. The minimum Gasteiger partial charge on any atom is -0.449 e. The van der Waals surface area contributed by atoms with E-state index in [0.717, 1.165) is 11.1 Å². The number of benzene rings is 2. The molecule has 2 aromatic carbocycles. The molecule has 0 unspecified atom stereocenters. The molecule has 6 heteroatoms. The van der Waals surface area contributed by atoms with Crippen LogP contribution < -0.4 is 4.74 Å². The Morgan fingerprint density at radius 3 is 2.70 bits per heavy atom. The molecule has 20 heavy (non-hydrogen) atoms. The summed E-state index contributed by atoms with van der Waals surface area (Å²) in [5, 5.41) is 20.2. The molecule has 0 saturated heterocycles. The zero-order valence-electron chi connectivity index (χ0n) is 10.7. The molecule has 0 radical (unpaired) electrons. The minimum absolute atomic E-state index is 0.00955. The molecule has 2 rings (SSSR count). The molecular weight excluding hydrogens is 282 g/mol. The zero-order valence-corrected chi connectivity index (χ0v) is 11.4. The third-order valence-corrected chi connectivity index (χ3v) is 3.14. The number of hydrogen-bond acceptors (Lipinski definition) is 4. The van der Waals surface area contributed by atoms with Crippen molar-refractivity contribution >= 4 is 17.3 Å². The van der Waals surface area contributed by atoms with E-state index in [4.69, 9.17) is 21.4 Å². The van der Waals surface area contributed by atoms with E-state index >= 15 is 0 Å². The van der Waals surface area contributed by atoms with Gasteiger partial charge >= 0.3 is 5.69 Å². The van der Waals surface area contributed by atoms with E-state index in [-0.39, 0.29) is 23.1 Å². The van der Waals surface area contributed by atoms with E-state index in [1.54, 1.807) is 18.2 Å². The predicted molar refractivity (Wildman–Crippen MR) is 75.3 cm³/mol. The van der Waals surface area contributed by atoms with Crippen molar-refractivity contribution in [1.29, 1.82) is 0 Å². The van der Waals surface area contributed by atoms with Gasteiger partial charge in [-0.15, -0.1) is 0 Å². The number of aryl methyl sites for hydroxylation is 1. The second kappa shape index (κ2) is 5.90. The maximum atomic E-state index is 11.0. The van der Waals surface area contributed by atoms with Crippen molar-refractivity contribution in [3.63, 3.8) is 0 Å². The maximum absolute atomic E-state index is 11.0. The third kappa shape index (κ3) is 2.89. The van der Waals surface area contributed by atoms with Gasteiger partial charge in [-0.3, -0.25) is 10.1 Å². The quantitative estimate of drug-likeness (QED) is 0.686. The fourth-order valence-electron chi connectivity index (χ4n) is 1.77. The molecule has 0 aliphatic carbocycles. The van der Waals surface area contributed by atoms with Crippen molar-refractivity contribution in [2.75, 3.05) is 0 Å². The Morgan fingerprint density at radius 2 is 2.10 bits per heavy atom. The summed E-state index contributed by atoms with van der Waals surface area (Å²) in [7, 11) is 0. The standard InChI is InChI=1S/C14H12ClNO4/c1-9-7-11(6-5-10(9)8-17)20-14-12(15)3-2-4-13(14)16(18)19/h2-7,17H,8H2,1H3. The maximum Gasteiger partial charge on any atom is 0.313 e. The molecule has 0 fully saturated rings. The van der Waals surface area contributed by atoms with Crippen LogP contribution in [0, 0.1) is 17.0 Å². The lowest BCUT2D eigenvalue weighted by molar-refractivity contribution is -0.385. The molecule has 5 nitrogen and oxygen atoms in total. The number of rotatable bonds is 4. The molecule has 1 N–H and O–H groups in total. The highest BCUT2D eigenvalue weighted by molar-refractivity contribution is 6.32. The first-order chi connectivity index (χ1) is 9.52. The van der Waals surface area contributed by atoms with Crippen molar-refractivity contribution in [2.24, 2.45) is 0 Å². The number of hydrogen-bond donors (Lipinski definition) is 1. The van der Waals surface area contributed by atoms with E-state index in [1.807, 2.05) is 6.92 Å². The largest absolute Gasteiger partial charge is 0.449 e. The summed E-state index contributed by atoms with van der Waals surface area (Å²) in [5.74, 6) is 0.436. The van der Waals surface area contributed by atoms with Crippen LogP contribution >= 0.6 is 11.6 Å². The summed E-state index contributed by atoms with van der Waals surface area (Å²) in [5.41, 5.74) is 1.41. The lowest BCUT2D eigenvalue weighted by atomic mass is 10.1. The van der Waals surface area contributed by atoms with E-state index < -0.39 is 4.92 Å². The van der Waals surface area contributed by atoms with Gasteiger partial charge in [0.2, 0.25) is 5.75 Å². The predicted octanol–water partition coefficient (Wildman–Crippen LogP) is 3.84. The Bertz CT molecular complexity index is 658. The van der Waals surface area contributed by atoms with Crippen LogP contribution in [0.15, 0.2) is 36.4 Å². The fraction of sp³-hybridized carbons (Fsp3) is 0.143. The van der Waals surface area contributed by atoms with Gasteiger partial charge in [-0.2, -0.15) is 0 Å². The summed E-state index contributed by atoms with van der Waals surface area (Å²) in [6, 6.07) is 9.37. The van der Waals surface area contributed by atoms with E-state index in [1.165, 1.54) is 18.2 Å². The molecule has 0 aliphatic rings. The van der Waals surface area contributed by atoms with Gasteiger partial charge < -0.3 is 9.84 Å². The number of aliphatic hydroxyl groups excluding tert-OH is 1. The average Bonchev–Trinajstić information content (AvgIpc) is 2.41. The number of halogens is 1. The molecule has 0 saturated carbocycles. The van der Waals surface area contributed by atoms with Crippen LogP contribution in [0.2, 0.25) is 5.02 Å². The van der Waals surface area contributed by atoms with Crippen molar-refractivity contribution in [1.82, 2.24) is 0 Å². The van der Waals surface area contributed by atoms with Gasteiger partial charge in [0.05, 0.1) is 16.6 Å². The normalized spacial score (nSPS) is 10.3. The van der Waals surface area contributed by atoms with E-state index in [2.05, 4.69) is 0 Å². The molecular formula is C14H12ClNO4. The first kappa shape index (κ1) is 14.3. The molecule has 104 valence electrons. The third-order valence-electron chi connectivity index (χ3n) is 2.85. The van der Waals surface area contributed by atoms with Gasteiger partial charge in [-0.25, -0.2) is 0 Å². The Hall–Kier alpha value is -2.11. The highest BCUT2D eigenvalue weighted by Crippen LogP contribution is 2.38. The summed E-state index contributed by atoms with van der Waals surface area (Å²) >= 11 is 5.95. The SMILES string of the molecule is Cc1cc(Oc2c(Cl)cccc2[N+](=O)[O-])ccc1CO. The summed E-state index contributed by atoms with van der Waals surface area (Å²) in [6.45, 7) is 1.75. The van der Waals surface area contributed by atoms with Gasteiger partial charge in [-0.1, -0.05) is 23.7 Å². The van der Waals surface area contributed by atoms with Gasteiger partial charge in [0.15, 0.2) is 0 Å². The number of para-hydroxylation sites is 1. The summed E-state index contributed by atoms with van der Waals surface area (Å²) < 4.78 is 5.53. The van der Waals surface area contributed by atoms with Crippen LogP contribution in [0.25, 0.3) is 0 Å².